The second-order valence-corrected chi connectivity index (χ2v) is 6.66. The van der Waals surface area contributed by atoms with Gasteiger partial charge in [-0.1, -0.05) is 42.5 Å². The van der Waals surface area contributed by atoms with Crippen molar-refractivity contribution >= 4 is 17.6 Å². The molecule has 0 aliphatic heterocycles. The summed E-state index contributed by atoms with van der Waals surface area (Å²) in [5.41, 5.74) is 1.62. The van der Waals surface area contributed by atoms with E-state index in [4.69, 9.17) is 19.5 Å². The van der Waals surface area contributed by atoms with Crippen LogP contribution in [0.1, 0.15) is 15.9 Å². The van der Waals surface area contributed by atoms with Crippen molar-refractivity contribution < 1.29 is 23.8 Å². The van der Waals surface area contributed by atoms with Crippen LogP contribution in [-0.2, 0) is 16.0 Å². The third-order valence-corrected chi connectivity index (χ3v) is 4.32. The average Bonchev–Trinajstić information content (AvgIpc) is 2.83. The normalized spacial score (nSPS) is 9.97. The van der Waals surface area contributed by atoms with Crippen molar-refractivity contribution in [3.05, 3.63) is 90.0 Å². The van der Waals surface area contributed by atoms with Gasteiger partial charge in [0.1, 0.15) is 30.3 Å². The highest BCUT2D eigenvalue weighted by Gasteiger charge is 2.15. The van der Waals surface area contributed by atoms with Gasteiger partial charge in [-0.3, -0.25) is 4.79 Å². The molecule has 7 heteroatoms. The van der Waals surface area contributed by atoms with Gasteiger partial charge in [0.15, 0.2) is 6.61 Å². The molecule has 0 saturated carbocycles. The fourth-order valence-electron chi connectivity index (χ4n) is 2.79. The first-order valence-electron chi connectivity index (χ1n) is 9.98. The largest absolute Gasteiger partial charge is 0.490 e. The van der Waals surface area contributed by atoms with Crippen LogP contribution in [0, 0.1) is 11.3 Å². The first-order valence-corrected chi connectivity index (χ1v) is 9.98. The summed E-state index contributed by atoms with van der Waals surface area (Å²) < 4.78 is 16.4. The Hall–Kier alpha value is -4.31. The van der Waals surface area contributed by atoms with Gasteiger partial charge in [0.05, 0.1) is 12.5 Å². The lowest BCUT2D eigenvalue weighted by molar-refractivity contribution is -0.119. The van der Waals surface area contributed by atoms with Crippen molar-refractivity contribution in [1.29, 1.82) is 5.26 Å². The SMILES string of the molecule is N#CCc1ccc(NC(=O)COC(=O)c2ccccc2OCCOc2ccccc2)cc1. The molecule has 3 aromatic carbocycles. The molecule has 0 atom stereocenters. The number of carbonyl (C=O) groups excluding carboxylic acids is 2. The summed E-state index contributed by atoms with van der Waals surface area (Å²) in [6.07, 6.45) is 0.297. The van der Waals surface area contributed by atoms with E-state index in [1.807, 2.05) is 30.3 Å². The lowest BCUT2D eigenvalue weighted by atomic mass is 10.1. The van der Waals surface area contributed by atoms with Crippen molar-refractivity contribution in [2.75, 3.05) is 25.1 Å². The number of hydrogen-bond donors (Lipinski definition) is 1. The predicted molar refractivity (Wildman–Crippen MR) is 119 cm³/mol. The minimum atomic E-state index is -0.663. The van der Waals surface area contributed by atoms with Crippen LogP contribution >= 0.6 is 0 Å². The summed E-state index contributed by atoms with van der Waals surface area (Å²) in [6, 6.07) is 24.9. The minimum absolute atomic E-state index is 0.223. The quantitative estimate of drug-likeness (QED) is 0.386. The highest BCUT2D eigenvalue weighted by molar-refractivity contribution is 5.96. The van der Waals surface area contributed by atoms with E-state index in [2.05, 4.69) is 11.4 Å². The number of anilines is 1. The van der Waals surface area contributed by atoms with E-state index in [-0.39, 0.29) is 12.2 Å². The van der Waals surface area contributed by atoms with Crippen molar-refractivity contribution in [2.24, 2.45) is 0 Å². The molecule has 3 aromatic rings. The van der Waals surface area contributed by atoms with Crippen LogP contribution in [-0.4, -0.2) is 31.7 Å². The molecule has 0 saturated heterocycles. The Kier molecular flexibility index (Phi) is 8.23. The Balaban J connectivity index is 1.47. The number of rotatable bonds is 10. The number of carbonyl (C=O) groups is 2. The Morgan fingerprint density at radius 2 is 1.53 bits per heavy atom. The second-order valence-electron chi connectivity index (χ2n) is 6.66. The molecule has 32 heavy (non-hydrogen) atoms. The fraction of sp³-hybridized carbons (Fsp3) is 0.160. The predicted octanol–water partition coefficient (Wildman–Crippen LogP) is 4.01. The van der Waals surface area contributed by atoms with Gasteiger partial charge >= 0.3 is 5.97 Å². The molecule has 1 amide bonds. The van der Waals surface area contributed by atoms with Gasteiger partial charge in [-0.05, 0) is 42.0 Å². The van der Waals surface area contributed by atoms with Crippen LogP contribution < -0.4 is 14.8 Å². The van der Waals surface area contributed by atoms with Gasteiger partial charge in [0.2, 0.25) is 0 Å². The standard InChI is InChI=1S/C25H22N2O5/c26-15-14-19-10-12-20(13-11-19)27-24(28)18-32-25(29)22-8-4-5-9-23(22)31-17-16-30-21-6-2-1-3-7-21/h1-13H,14,16-18H2,(H,27,28). The zero-order valence-electron chi connectivity index (χ0n) is 17.3. The number of esters is 1. The summed E-state index contributed by atoms with van der Waals surface area (Å²) in [5, 5.41) is 11.3. The number of ether oxygens (including phenoxy) is 3. The average molecular weight is 430 g/mol. The van der Waals surface area contributed by atoms with Crippen LogP contribution in [0.2, 0.25) is 0 Å². The number of amides is 1. The van der Waals surface area contributed by atoms with Gasteiger partial charge in [-0.2, -0.15) is 5.26 Å². The third-order valence-electron chi connectivity index (χ3n) is 4.32. The highest BCUT2D eigenvalue weighted by Crippen LogP contribution is 2.19. The Morgan fingerprint density at radius 1 is 0.844 bits per heavy atom. The summed E-state index contributed by atoms with van der Waals surface area (Å²) in [7, 11) is 0. The first-order chi connectivity index (χ1) is 15.7. The maximum absolute atomic E-state index is 12.4. The summed E-state index contributed by atoms with van der Waals surface area (Å²) >= 11 is 0. The first kappa shape index (κ1) is 22.4. The molecular weight excluding hydrogens is 408 g/mol. The second kappa shape index (κ2) is 11.8. The summed E-state index contributed by atoms with van der Waals surface area (Å²) in [5.74, 6) is -0.0534. The number of nitrogens with one attached hydrogen (secondary N) is 1. The molecule has 1 N–H and O–H groups in total. The fourth-order valence-corrected chi connectivity index (χ4v) is 2.79. The molecule has 0 spiro atoms. The minimum Gasteiger partial charge on any atom is -0.490 e. The number of para-hydroxylation sites is 2. The molecule has 0 aliphatic carbocycles. The topological polar surface area (TPSA) is 97.7 Å². The molecule has 0 bridgehead atoms. The smallest absolute Gasteiger partial charge is 0.342 e. The maximum atomic E-state index is 12.4. The van der Waals surface area contributed by atoms with Crippen molar-refractivity contribution in [3.8, 4) is 17.6 Å². The lowest BCUT2D eigenvalue weighted by Crippen LogP contribution is -2.21. The van der Waals surface area contributed by atoms with Gasteiger partial charge in [0, 0.05) is 5.69 Å². The molecule has 0 aromatic heterocycles. The third kappa shape index (κ3) is 6.89. The van der Waals surface area contributed by atoms with E-state index in [9.17, 15) is 9.59 Å². The number of benzene rings is 3. The van der Waals surface area contributed by atoms with Crippen LogP contribution in [0.25, 0.3) is 0 Å². The van der Waals surface area contributed by atoms with E-state index >= 15 is 0 Å². The molecule has 7 nitrogen and oxygen atoms in total. The summed E-state index contributed by atoms with van der Waals surface area (Å²) in [6.45, 7) is 0.106. The van der Waals surface area contributed by atoms with E-state index in [1.54, 1.807) is 48.5 Å². The Morgan fingerprint density at radius 3 is 2.28 bits per heavy atom. The van der Waals surface area contributed by atoms with Gasteiger partial charge in [0.25, 0.3) is 5.91 Å². The maximum Gasteiger partial charge on any atom is 0.342 e. The monoisotopic (exact) mass is 430 g/mol. The molecule has 3 rings (SSSR count). The van der Waals surface area contributed by atoms with E-state index < -0.39 is 18.5 Å². The molecule has 0 fully saturated rings. The Bertz CT molecular complexity index is 1080. The van der Waals surface area contributed by atoms with E-state index in [0.29, 0.717) is 24.5 Å². The molecule has 162 valence electrons. The number of nitrogens with zero attached hydrogens (tertiary/aromatic N) is 1. The van der Waals surface area contributed by atoms with Crippen molar-refractivity contribution in [1.82, 2.24) is 0 Å². The Labute approximate surface area is 186 Å². The van der Waals surface area contributed by atoms with Crippen LogP contribution in [0.15, 0.2) is 78.9 Å². The number of nitriles is 1. The summed E-state index contributed by atoms with van der Waals surface area (Å²) in [4.78, 5) is 24.5. The highest BCUT2D eigenvalue weighted by atomic mass is 16.5. The van der Waals surface area contributed by atoms with Gasteiger partial charge in [-0.25, -0.2) is 4.79 Å². The molecular formula is C25H22N2O5. The zero-order valence-corrected chi connectivity index (χ0v) is 17.3. The van der Waals surface area contributed by atoms with Crippen LogP contribution in [0.4, 0.5) is 5.69 Å². The van der Waals surface area contributed by atoms with Crippen molar-refractivity contribution in [2.45, 2.75) is 6.42 Å². The van der Waals surface area contributed by atoms with Crippen molar-refractivity contribution in [3.63, 3.8) is 0 Å². The molecule has 0 aliphatic rings. The van der Waals surface area contributed by atoms with Crippen LogP contribution in [0.5, 0.6) is 11.5 Å². The van der Waals surface area contributed by atoms with Crippen LogP contribution in [0.3, 0.4) is 0 Å². The van der Waals surface area contributed by atoms with Gasteiger partial charge < -0.3 is 19.5 Å². The van der Waals surface area contributed by atoms with E-state index in [1.165, 1.54) is 0 Å². The lowest BCUT2D eigenvalue weighted by Gasteiger charge is -2.12. The number of hydrogen-bond acceptors (Lipinski definition) is 6. The molecule has 0 heterocycles. The van der Waals surface area contributed by atoms with E-state index in [0.717, 1.165) is 11.3 Å². The van der Waals surface area contributed by atoms with Gasteiger partial charge in [-0.15, -0.1) is 0 Å². The molecule has 0 unspecified atom stereocenters. The molecule has 0 radical (unpaired) electrons. The zero-order chi connectivity index (χ0) is 22.6.